The van der Waals surface area contributed by atoms with Crippen molar-refractivity contribution < 1.29 is 14.3 Å². The first-order chi connectivity index (χ1) is 13.6. The van der Waals surface area contributed by atoms with E-state index in [4.69, 9.17) is 4.74 Å². The number of rotatable bonds is 4. The van der Waals surface area contributed by atoms with Gasteiger partial charge in [0.2, 0.25) is 11.8 Å². The van der Waals surface area contributed by atoms with E-state index in [1.54, 1.807) is 17.9 Å². The van der Waals surface area contributed by atoms with Crippen molar-refractivity contribution in [2.45, 2.75) is 46.5 Å². The molecular weight excluding hydrogens is 364 g/mol. The third kappa shape index (κ3) is 4.97. The smallest absolute Gasteiger partial charge is 0.227 e. The van der Waals surface area contributed by atoms with Crippen LogP contribution in [-0.4, -0.2) is 25.0 Å². The van der Waals surface area contributed by atoms with Gasteiger partial charge in [0, 0.05) is 24.6 Å². The van der Waals surface area contributed by atoms with Crippen LogP contribution in [0.5, 0.6) is 5.75 Å². The van der Waals surface area contributed by atoms with E-state index in [0.717, 1.165) is 11.3 Å². The zero-order chi connectivity index (χ0) is 21.2. The van der Waals surface area contributed by atoms with Crippen LogP contribution in [0.2, 0.25) is 0 Å². The minimum Gasteiger partial charge on any atom is -0.489 e. The van der Waals surface area contributed by atoms with E-state index in [0.29, 0.717) is 31.0 Å². The van der Waals surface area contributed by atoms with Crippen LogP contribution >= 0.6 is 0 Å². The Kier molecular flexibility index (Phi) is 5.96. The van der Waals surface area contributed by atoms with Crippen molar-refractivity contribution in [2.75, 3.05) is 23.4 Å². The predicted octanol–water partition coefficient (Wildman–Crippen LogP) is 4.55. The molecule has 1 atom stereocenters. The fraction of sp³-hybridized carbons (Fsp3) is 0.417. The van der Waals surface area contributed by atoms with Gasteiger partial charge in [-0.1, -0.05) is 52.0 Å². The standard InChI is InChI=1S/C24H30N2O3/c1-16(14-18-6-8-19(9-7-18)24(3,4)5)23(28)25-20-10-11-21-22(15-20)29-13-12-26(21)17(2)27/h6-11,15-16H,12-14H2,1-5H3,(H,25,28). The van der Waals surface area contributed by atoms with Gasteiger partial charge in [0.15, 0.2) is 0 Å². The molecule has 154 valence electrons. The number of anilines is 2. The molecule has 0 saturated carbocycles. The topological polar surface area (TPSA) is 58.6 Å². The van der Waals surface area contributed by atoms with Crippen molar-refractivity contribution in [3.8, 4) is 5.75 Å². The Morgan fingerprint density at radius 2 is 1.83 bits per heavy atom. The highest BCUT2D eigenvalue weighted by Gasteiger charge is 2.22. The summed E-state index contributed by atoms with van der Waals surface area (Å²) in [5, 5.41) is 2.97. The van der Waals surface area contributed by atoms with Gasteiger partial charge in [-0.15, -0.1) is 0 Å². The lowest BCUT2D eigenvalue weighted by atomic mass is 9.86. The van der Waals surface area contributed by atoms with Crippen LogP contribution in [0.25, 0.3) is 0 Å². The Labute approximate surface area is 173 Å². The van der Waals surface area contributed by atoms with E-state index < -0.39 is 0 Å². The van der Waals surface area contributed by atoms with Gasteiger partial charge < -0.3 is 15.0 Å². The van der Waals surface area contributed by atoms with Crippen molar-refractivity contribution in [1.82, 2.24) is 0 Å². The Bertz CT molecular complexity index is 897. The molecule has 5 heteroatoms. The molecule has 1 aliphatic rings. The first-order valence-electron chi connectivity index (χ1n) is 10.1. The quantitative estimate of drug-likeness (QED) is 0.828. The molecule has 1 heterocycles. The molecule has 2 amide bonds. The molecule has 0 bridgehead atoms. The second-order valence-electron chi connectivity index (χ2n) is 8.74. The number of amides is 2. The van der Waals surface area contributed by atoms with Gasteiger partial charge in [0.25, 0.3) is 0 Å². The van der Waals surface area contributed by atoms with Gasteiger partial charge in [-0.2, -0.15) is 0 Å². The van der Waals surface area contributed by atoms with Gasteiger partial charge in [-0.3, -0.25) is 9.59 Å². The summed E-state index contributed by atoms with van der Waals surface area (Å²) in [5.74, 6) is 0.400. The largest absolute Gasteiger partial charge is 0.489 e. The lowest BCUT2D eigenvalue weighted by Gasteiger charge is -2.29. The maximum atomic E-state index is 12.7. The molecule has 0 saturated heterocycles. The summed E-state index contributed by atoms with van der Waals surface area (Å²) < 4.78 is 5.68. The molecule has 3 rings (SSSR count). The zero-order valence-electron chi connectivity index (χ0n) is 17.9. The van der Waals surface area contributed by atoms with Gasteiger partial charge in [-0.05, 0) is 35.1 Å². The number of fused-ring (bicyclic) bond motifs is 1. The monoisotopic (exact) mass is 394 g/mol. The molecule has 1 unspecified atom stereocenters. The highest BCUT2D eigenvalue weighted by atomic mass is 16.5. The van der Waals surface area contributed by atoms with Gasteiger partial charge in [0.1, 0.15) is 12.4 Å². The Morgan fingerprint density at radius 1 is 1.14 bits per heavy atom. The molecule has 1 aliphatic heterocycles. The molecule has 0 fully saturated rings. The van der Waals surface area contributed by atoms with E-state index in [1.807, 2.05) is 19.1 Å². The van der Waals surface area contributed by atoms with E-state index in [-0.39, 0.29) is 23.1 Å². The van der Waals surface area contributed by atoms with Crippen molar-refractivity contribution in [3.05, 3.63) is 53.6 Å². The molecule has 2 aromatic rings. The first-order valence-corrected chi connectivity index (χ1v) is 10.1. The molecule has 29 heavy (non-hydrogen) atoms. The third-order valence-electron chi connectivity index (χ3n) is 5.28. The second kappa shape index (κ2) is 8.27. The van der Waals surface area contributed by atoms with Crippen LogP contribution in [0.3, 0.4) is 0 Å². The van der Waals surface area contributed by atoms with Gasteiger partial charge in [-0.25, -0.2) is 0 Å². The van der Waals surface area contributed by atoms with Crippen LogP contribution in [0.1, 0.15) is 45.7 Å². The van der Waals surface area contributed by atoms with Crippen LogP contribution < -0.4 is 15.0 Å². The normalized spacial score (nSPS) is 14.6. The highest BCUT2D eigenvalue weighted by Crippen LogP contribution is 2.34. The number of hydrogen-bond acceptors (Lipinski definition) is 3. The summed E-state index contributed by atoms with van der Waals surface area (Å²) >= 11 is 0. The molecular formula is C24H30N2O3. The lowest BCUT2D eigenvalue weighted by Crippen LogP contribution is -2.36. The average Bonchev–Trinajstić information content (AvgIpc) is 2.66. The number of carbonyl (C=O) groups excluding carboxylic acids is 2. The molecule has 2 aromatic carbocycles. The molecule has 0 spiro atoms. The molecule has 0 radical (unpaired) electrons. The summed E-state index contributed by atoms with van der Waals surface area (Å²) in [5.41, 5.74) is 3.97. The number of ether oxygens (including phenoxy) is 1. The number of benzene rings is 2. The highest BCUT2D eigenvalue weighted by molar-refractivity contribution is 5.96. The summed E-state index contributed by atoms with van der Waals surface area (Å²) in [7, 11) is 0. The van der Waals surface area contributed by atoms with E-state index in [1.165, 1.54) is 5.56 Å². The maximum Gasteiger partial charge on any atom is 0.227 e. The van der Waals surface area contributed by atoms with Gasteiger partial charge in [0.05, 0.1) is 12.2 Å². The summed E-state index contributed by atoms with van der Waals surface area (Å²) in [4.78, 5) is 26.1. The SMILES string of the molecule is CC(=O)N1CCOc2cc(NC(=O)C(C)Cc3ccc(C(C)(C)C)cc3)ccc21. The summed E-state index contributed by atoms with van der Waals surface area (Å²) in [6.07, 6.45) is 0.676. The molecule has 5 nitrogen and oxygen atoms in total. The van der Waals surface area contributed by atoms with Crippen LogP contribution in [0.4, 0.5) is 11.4 Å². The number of nitrogens with one attached hydrogen (secondary N) is 1. The van der Waals surface area contributed by atoms with Crippen molar-refractivity contribution in [3.63, 3.8) is 0 Å². The van der Waals surface area contributed by atoms with Crippen LogP contribution in [0, 0.1) is 5.92 Å². The first kappa shape index (κ1) is 20.9. The van der Waals surface area contributed by atoms with E-state index >= 15 is 0 Å². The van der Waals surface area contributed by atoms with Gasteiger partial charge >= 0.3 is 0 Å². The van der Waals surface area contributed by atoms with Crippen LogP contribution in [-0.2, 0) is 21.4 Å². The Hall–Kier alpha value is -2.82. The van der Waals surface area contributed by atoms with E-state index in [9.17, 15) is 9.59 Å². The minimum atomic E-state index is -0.166. The number of nitrogens with zero attached hydrogens (tertiary/aromatic N) is 1. The molecule has 0 aromatic heterocycles. The second-order valence-corrected chi connectivity index (χ2v) is 8.74. The zero-order valence-corrected chi connectivity index (χ0v) is 17.9. The Balaban J connectivity index is 1.65. The molecule has 1 N–H and O–H groups in total. The fourth-order valence-electron chi connectivity index (χ4n) is 3.48. The fourth-order valence-corrected chi connectivity index (χ4v) is 3.48. The van der Waals surface area contributed by atoms with Crippen molar-refractivity contribution in [1.29, 1.82) is 0 Å². The van der Waals surface area contributed by atoms with Crippen molar-refractivity contribution >= 4 is 23.2 Å². The predicted molar refractivity (Wildman–Crippen MR) is 117 cm³/mol. The summed E-state index contributed by atoms with van der Waals surface area (Å²) in [6.45, 7) is 11.0. The van der Waals surface area contributed by atoms with Crippen LogP contribution in [0.15, 0.2) is 42.5 Å². The number of carbonyl (C=O) groups is 2. The average molecular weight is 395 g/mol. The lowest BCUT2D eigenvalue weighted by molar-refractivity contribution is -0.119. The summed E-state index contributed by atoms with van der Waals surface area (Å²) in [6, 6.07) is 13.9. The maximum absolute atomic E-state index is 12.7. The number of hydrogen-bond donors (Lipinski definition) is 1. The molecule has 0 aliphatic carbocycles. The third-order valence-corrected chi connectivity index (χ3v) is 5.28. The minimum absolute atomic E-state index is 0.0163. The van der Waals surface area contributed by atoms with Crippen molar-refractivity contribution in [2.24, 2.45) is 5.92 Å². The van der Waals surface area contributed by atoms with E-state index in [2.05, 4.69) is 50.4 Å². The Morgan fingerprint density at radius 3 is 2.45 bits per heavy atom.